The van der Waals surface area contributed by atoms with Crippen molar-refractivity contribution in [2.45, 2.75) is 27.0 Å². The van der Waals surface area contributed by atoms with E-state index in [0.717, 1.165) is 11.1 Å². The lowest BCUT2D eigenvalue weighted by atomic mass is 10.1. The maximum Gasteiger partial charge on any atom is 0.331 e. The summed E-state index contributed by atoms with van der Waals surface area (Å²) >= 11 is 0. The second kappa shape index (κ2) is 6.70. The summed E-state index contributed by atoms with van der Waals surface area (Å²) in [6, 6.07) is 7.18. The van der Waals surface area contributed by atoms with Crippen LogP contribution < -0.4 is 5.32 Å². The topological polar surface area (TPSA) is 86.6 Å². The summed E-state index contributed by atoms with van der Waals surface area (Å²) in [4.78, 5) is 22.5. The zero-order valence-corrected chi connectivity index (χ0v) is 10.9. The molecule has 5 nitrogen and oxygen atoms in total. The van der Waals surface area contributed by atoms with Crippen LogP contribution in [0.5, 0.6) is 0 Å². The minimum atomic E-state index is -1.10. The van der Waals surface area contributed by atoms with Gasteiger partial charge in [-0.1, -0.05) is 24.3 Å². The highest BCUT2D eigenvalue weighted by molar-refractivity contribution is 6.01. The number of rotatable bonds is 5. The first-order valence-electron chi connectivity index (χ1n) is 5.83. The van der Waals surface area contributed by atoms with Crippen LogP contribution in [0.2, 0.25) is 0 Å². The molecule has 0 saturated heterocycles. The zero-order valence-electron chi connectivity index (χ0n) is 10.9. The van der Waals surface area contributed by atoms with Crippen molar-refractivity contribution in [1.29, 1.82) is 0 Å². The summed E-state index contributed by atoms with van der Waals surface area (Å²) in [6.07, 6.45) is 0. The van der Waals surface area contributed by atoms with Gasteiger partial charge in [-0.3, -0.25) is 4.79 Å². The fourth-order valence-corrected chi connectivity index (χ4v) is 1.48. The average molecular weight is 263 g/mol. The molecule has 1 aromatic rings. The van der Waals surface area contributed by atoms with E-state index in [0.29, 0.717) is 0 Å². The number of hydrogen-bond donors (Lipinski definition) is 3. The summed E-state index contributed by atoms with van der Waals surface area (Å²) < 4.78 is 0. The number of hydrogen-bond acceptors (Lipinski definition) is 3. The van der Waals surface area contributed by atoms with Gasteiger partial charge in [-0.2, -0.15) is 0 Å². The Bertz CT molecular complexity index is 520. The van der Waals surface area contributed by atoms with Crippen molar-refractivity contribution in [2.75, 3.05) is 0 Å². The van der Waals surface area contributed by atoms with Crippen molar-refractivity contribution in [3.63, 3.8) is 0 Å². The summed E-state index contributed by atoms with van der Waals surface area (Å²) in [5, 5.41) is 20.4. The molecule has 0 atom stereocenters. The highest BCUT2D eigenvalue weighted by atomic mass is 16.4. The Morgan fingerprint density at radius 2 is 1.79 bits per heavy atom. The third-order valence-corrected chi connectivity index (χ3v) is 2.85. The van der Waals surface area contributed by atoms with Gasteiger partial charge in [-0.05, 0) is 25.0 Å². The molecule has 0 aliphatic rings. The van der Waals surface area contributed by atoms with E-state index in [1.165, 1.54) is 13.8 Å². The molecule has 1 rings (SSSR count). The molecule has 0 aromatic heterocycles. The van der Waals surface area contributed by atoms with Crippen LogP contribution in [0.4, 0.5) is 0 Å². The molecule has 0 aliphatic heterocycles. The van der Waals surface area contributed by atoms with E-state index in [1.807, 2.05) is 6.07 Å². The van der Waals surface area contributed by atoms with E-state index in [-0.39, 0.29) is 24.3 Å². The normalized spacial score (nSPS) is 11.7. The Morgan fingerprint density at radius 1 is 1.16 bits per heavy atom. The molecule has 102 valence electrons. The number of carbonyl (C=O) groups excluding carboxylic acids is 1. The maximum atomic E-state index is 11.7. The molecular formula is C14H17NO4. The lowest BCUT2D eigenvalue weighted by Crippen LogP contribution is -2.25. The fraction of sp³-hybridized carbons (Fsp3) is 0.286. The van der Waals surface area contributed by atoms with Crippen LogP contribution in [0.15, 0.2) is 35.4 Å². The van der Waals surface area contributed by atoms with E-state index in [1.54, 1.807) is 18.2 Å². The smallest absolute Gasteiger partial charge is 0.331 e. The van der Waals surface area contributed by atoms with Gasteiger partial charge in [0.1, 0.15) is 0 Å². The number of benzene rings is 1. The molecular weight excluding hydrogens is 246 g/mol. The number of carbonyl (C=O) groups is 2. The van der Waals surface area contributed by atoms with Gasteiger partial charge >= 0.3 is 5.97 Å². The highest BCUT2D eigenvalue weighted by Gasteiger charge is 2.12. The summed E-state index contributed by atoms with van der Waals surface area (Å²) in [5.74, 6) is -1.51. The number of amides is 1. The lowest BCUT2D eigenvalue weighted by molar-refractivity contribution is -0.133. The molecule has 0 aliphatic carbocycles. The number of aliphatic hydroxyl groups excluding tert-OH is 1. The zero-order chi connectivity index (χ0) is 14.4. The Morgan fingerprint density at radius 3 is 2.37 bits per heavy atom. The first kappa shape index (κ1) is 14.9. The number of aliphatic carboxylic acids is 1. The standard InChI is InChI=1S/C14H17NO4/c1-9(10(2)14(18)19)13(17)15-7-11-4-3-5-12(6-11)8-16/h3-6,16H,7-8H2,1-2H3,(H,15,17)(H,18,19)/b10-9+. The monoisotopic (exact) mass is 263 g/mol. The first-order chi connectivity index (χ1) is 8.95. The largest absolute Gasteiger partial charge is 0.478 e. The first-order valence-corrected chi connectivity index (χ1v) is 5.83. The van der Waals surface area contributed by atoms with E-state index in [4.69, 9.17) is 10.2 Å². The number of carboxylic acids is 1. The molecule has 3 N–H and O–H groups in total. The van der Waals surface area contributed by atoms with Crippen molar-refractivity contribution < 1.29 is 19.8 Å². The Balaban J connectivity index is 2.69. The van der Waals surface area contributed by atoms with Crippen LogP contribution in [0.3, 0.4) is 0 Å². The quantitative estimate of drug-likeness (QED) is 0.697. The molecule has 0 fully saturated rings. The average Bonchev–Trinajstić information content (AvgIpc) is 2.43. The van der Waals surface area contributed by atoms with Crippen LogP contribution in [-0.2, 0) is 22.7 Å². The third kappa shape index (κ3) is 4.22. The molecule has 0 radical (unpaired) electrons. The Hall–Kier alpha value is -2.14. The van der Waals surface area contributed by atoms with Crippen LogP contribution in [0.1, 0.15) is 25.0 Å². The molecule has 5 heteroatoms. The molecule has 0 bridgehead atoms. The van der Waals surface area contributed by atoms with Crippen LogP contribution in [0.25, 0.3) is 0 Å². The van der Waals surface area contributed by atoms with Crippen molar-refractivity contribution >= 4 is 11.9 Å². The molecule has 0 spiro atoms. The predicted molar refractivity (Wildman–Crippen MR) is 70.2 cm³/mol. The van der Waals surface area contributed by atoms with E-state index < -0.39 is 11.9 Å². The van der Waals surface area contributed by atoms with Gasteiger partial charge in [-0.25, -0.2) is 4.79 Å². The van der Waals surface area contributed by atoms with Gasteiger partial charge in [0, 0.05) is 17.7 Å². The van der Waals surface area contributed by atoms with Crippen LogP contribution >= 0.6 is 0 Å². The van der Waals surface area contributed by atoms with Crippen LogP contribution in [0, 0.1) is 0 Å². The van der Waals surface area contributed by atoms with Gasteiger partial charge < -0.3 is 15.5 Å². The van der Waals surface area contributed by atoms with Crippen molar-refractivity contribution in [1.82, 2.24) is 5.32 Å². The second-order valence-corrected chi connectivity index (χ2v) is 4.22. The number of carboxylic acid groups (broad SMARTS) is 1. The van der Waals surface area contributed by atoms with Crippen molar-refractivity contribution in [3.05, 3.63) is 46.5 Å². The highest BCUT2D eigenvalue weighted by Crippen LogP contribution is 2.07. The Kier molecular flexibility index (Phi) is 5.26. The van der Waals surface area contributed by atoms with Crippen molar-refractivity contribution in [2.24, 2.45) is 0 Å². The Labute approximate surface area is 111 Å². The van der Waals surface area contributed by atoms with E-state index in [2.05, 4.69) is 5.32 Å². The summed E-state index contributed by atoms with van der Waals surface area (Å²) in [5.41, 5.74) is 1.83. The van der Waals surface area contributed by atoms with E-state index >= 15 is 0 Å². The van der Waals surface area contributed by atoms with Crippen molar-refractivity contribution in [3.8, 4) is 0 Å². The molecule has 0 unspecified atom stereocenters. The van der Waals surface area contributed by atoms with Gasteiger partial charge in [0.2, 0.25) is 5.91 Å². The molecule has 1 amide bonds. The van der Waals surface area contributed by atoms with Gasteiger partial charge in [0.25, 0.3) is 0 Å². The summed E-state index contributed by atoms with van der Waals surface area (Å²) in [7, 11) is 0. The minimum Gasteiger partial charge on any atom is -0.478 e. The third-order valence-electron chi connectivity index (χ3n) is 2.85. The molecule has 0 heterocycles. The van der Waals surface area contributed by atoms with Crippen LogP contribution in [-0.4, -0.2) is 22.1 Å². The molecule has 1 aromatic carbocycles. The maximum absolute atomic E-state index is 11.7. The molecule has 19 heavy (non-hydrogen) atoms. The number of nitrogens with one attached hydrogen (secondary N) is 1. The summed E-state index contributed by atoms with van der Waals surface area (Å²) in [6.45, 7) is 3.10. The van der Waals surface area contributed by atoms with Gasteiger partial charge in [0.05, 0.1) is 6.61 Å². The minimum absolute atomic E-state index is 0.0293. The molecule has 0 saturated carbocycles. The van der Waals surface area contributed by atoms with E-state index in [9.17, 15) is 9.59 Å². The predicted octanol–water partition coefficient (Wildman–Crippen LogP) is 1.22. The SMILES string of the molecule is C/C(C(=O)O)=C(/C)C(=O)NCc1cccc(CO)c1. The lowest BCUT2D eigenvalue weighted by Gasteiger charge is -2.08. The second-order valence-electron chi connectivity index (χ2n) is 4.22. The number of aliphatic hydroxyl groups is 1. The fourth-order valence-electron chi connectivity index (χ4n) is 1.48. The van der Waals surface area contributed by atoms with Gasteiger partial charge in [0.15, 0.2) is 0 Å². The van der Waals surface area contributed by atoms with Gasteiger partial charge in [-0.15, -0.1) is 0 Å².